The number of anilines is 3. The molecule has 3 aromatic rings. The van der Waals surface area contributed by atoms with Gasteiger partial charge in [-0.3, -0.25) is 14.8 Å². The molecule has 0 bridgehead atoms. The molecule has 0 spiro atoms. The number of para-hydroxylation sites is 1. The summed E-state index contributed by atoms with van der Waals surface area (Å²) in [7, 11) is 0. The number of carbonyl (C=O) groups is 1. The molecule has 1 aromatic carbocycles. The minimum Gasteiger partial charge on any atom is -0.394 e. The Morgan fingerprint density at radius 1 is 1.09 bits per heavy atom. The SMILES string of the molecule is CC(=O)N1CCN(c2nc(NC(C)c3cnc4ccccc4c3)c(N)c(C(C)=NC(C)C)n2)CC1. The summed E-state index contributed by atoms with van der Waals surface area (Å²) in [6.45, 7) is 12.2. The molecule has 9 heteroatoms. The van der Waals surface area contributed by atoms with Crippen LogP contribution in [0.15, 0.2) is 41.5 Å². The first-order chi connectivity index (χ1) is 16.7. The van der Waals surface area contributed by atoms with Gasteiger partial charge in [0.1, 0.15) is 11.4 Å². The second kappa shape index (κ2) is 10.2. The third-order valence-corrected chi connectivity index (χ3v) is 6.20. The van der Waals surface area contributed by atoms with Gasteiger partial charge in [0.15, 0.2) is 5.82 Å². The van der Waals surface area contributed by atoms with Gasteiger partial charge < -0.3 is 20.9 Å². The lowest BCUT2D eigenvalue weighted by molar-refractivity contribution is -0.129. The van der Waals surface area contributed by atoms with Gasteiger partial charge in [-0.2, -0.15) is 4.98 Å². The van der Waals surface area contributed by atoms with Crippen molar-refractivity contribution in [1.29, 1.82) is 0 Å². The second-order valence-corrected chi connectivity index (χ2v) is 9.26. The van der Waals surface area contributed by atoms with E-state index in [2.05, 4.69) is 39.2 Å². The van der Waals surface area contributed by atoms with E-state index in [0.717, 1.165) is 22.2 Å². The zero-order valence-electron chi connectivity index (χ0n) is 21.1. The molecule has 3 heterocycles. The highest BCUT2D eigenvalue weighted by Gasteiger charge is 2.24. The van der Waals surface area contributed by atoms with Crippen molar-refractivity contribution < 1.29 is 4.79 Å². The molecule has 3 N–H and O–H groups in total. The number of benzene rings is 1. The number of nitrogens with two attached hydrogens (primary N) is 1. The molecule has 4 rings (SSSR count). The van der Waals surface area contributed by atoms with Crippen LogP contribution in [0.4, 0.5) is 17.5 Å². The highest BCUT2D eigenvalue weighted by molar-refractivity contribution is 6.03. The zero-order chi connectivity index (χ0) is 25.1. The minimum atomic E-state index is -0.0816. The van der Waals surface area contributed by atoms with Gasteiger partial charge in [0.25, 0.3) is 0 Å². The molecule has 1 aliphatic rings. The Kier molecular flexibility index (Phi) is 7.14. The highest BCUT2D eigenvalue weighted by Crippen LogP contribution is 2.29. The summed E-state index contributed by atoms with van der Waals surface area (Å²) in [5, 5.41) is 4.57. The third kappa shape index (κ3) is 5.50. The minimum absolute atomic E-state index is 0.0816. The van der Waals surface area contributed by atoms with Crippen LogP contribution < -0.4 is 16.0 Å². The molecule has 1 amide bonds. The number of carbonyl (C=O) groups excluding carboxylic acids is 1. The van der Waals surface area contributed by atoms with Crippen LogP contribution >= 0.6 is 0 Å². The van der Waals surface area contributed by atoms with E-state index < -0.39 is 0 Å². The highest BCUT2D eigenvalue weighted by atomic mass is 16.2. The fraction of sp³-hybridized carbons (Fsp3) is 0.423. The maximum Gasteiger partial charge on any atom is 0.228 e. The molecule has 9 nitrogen and oxygen atoms in total. The predicted octanol–water partition coefficient (Wildman–Crippen LogP) is 3.67. The molecule has 2 aromatic heterocycles. The molecule has 1 atom stereocenters. The number of hydrogen-bond donors (Lipinski definition) is 2. The fourth-order valence-electron chi connectivity index (χ4n) is 4.27. The molecule has 0 radical (unpaired) electrons. The summed E-state index contributed by atoms with van der Waals surface area (Å²) >= 11 is 0. The number of nitrogens with zero attached hydrogens (tertiary/aromatic N) is 6. The molecule has 1 fully saturated rings. The van der Waals surface area contributed by atoms with E-state index in [1.165, 1.54) is 0 Å². The topological polar surface area (TPSA) is 113 Å². The molecular formula is C26H34N8O. The lowest BCUT2D eigenvalue weighted by Gasteiger charge is -2.34. The zero-order valence-corrected chi connectivity index (χ0v) is 21.1. The van der Waals surface area contributed by atoms with Crippen molar-refractivity contribution in [3.8, 4) is 0 Å². The maximum atomic E-state index is 11.8. The number of piperazine rings is 1. The Morgan fingerprint density at radius 2 is 1.80 bits per heavy atom. The first-order valence-corrected chi connectivity index (χ1v) is 12.1. The number of nitrogens with one attached hydrogen (secondary N) is 1. The van der Waals surface area contributed by atoms with Crippen molar-refractivity contribution in [3.63, 3.8) is 0 Å². The van der Waals surface area contributed by atoms with Crippen LogP contribution in [0.1, 0.15) is 51.9 Å². The molecule has 184 valence electrons. The monoisotopic (exact) mass is 474 g/mol. The Morgan fingerprint density at radius 3 is 2.49 bits per heavy atom. The number of hydrogen-bond acceptors (Lipinski definition) is 8. The Balaban J connectivity index is 1.67. The normalized spacial score (nSPS) is 15.5. The fourth-order valence-corrected chi connectivity index (χ4v) is 4.27. The summed E-state index contributed by atoms with van der Waals surface area (Å²) in [5.41, 5.74) is 10.4. The molecule has 0 aliphatic carbocycles. The standard InChI is InChI=1S/C26H34N8O/c1-16(2)29-18(4)24-23(27)25(32-26(31-24)34-12-10-33(11-13-34)19(5)35)30-17(3)21-14-20-8-6-7-9-22(20)28-15-21/h6-9,14-17H,10-13,27H2,1-5H3,(H,30,31,32). The maximum absolute atomic E-state index is 11.8. The summed E-state index contributed by atoms with van der Waals surface area (Å²) in [5.74, 6) is 1.24. The van der Waals surface area contributed by atoms with Gasteiger partial charge in [-0.05, 0) is 45.4 Å². The van der Waals surface area contributed by atoms with Crippen molar-refractivity contribution in [3.05, 3.63) is 47.8 Å². The van der Waals surface area contributed by atoms with Gasteiger partial charge >= 0.3 is 0 Å². The number of fused-ring (bicyclic) bond motifs is 1. The number of pyridine rings is 1. The van der Waals surface area contributed by atoms with Crippen LogP contribution in [0.3, 0.4) is 0 Å². The first-order valence-electron chi connectivity index (χ1n) is 12.1. The summed E-state index contributed by atoms with van der Waals surface area (Å²) in [4.78, 5) is 34.6. The van der Waals surface area contributed by atoms with E-state index in [0.29, 0.717) is 49.3 Å². The molecule has 0 saturated carbocycles. The van der Waals surface area contributed by atoms with Gasteiger partial charge in [0.2, 0.25) is 11.9 Å². The molecule has 1 unspecified atom stereocenters. The summed E-state index contributed by atoms with van der Waals surface area (Å²) in [6, 6.07) is 10.2. The van der Waals surface area contributed by atoms with Crippen LogP contribution in [0, 0.1) is 0 Å². The average Bonchev–Trinajstić information content (AvgIpc) is 2.84. The number of nitrogen functional groups attached to an aromatic ring is 1. The van der Waals surface area contributed by atoms with Gasteiger partial charge in [-0.15, -0.1) is 0 Å². The van der Waals surface area contributed by atoms with Gasteiger partial charge in [-0.1, -0.05) is 18.2 Å². The van der Waals surface area contributed by atoms with E-state index in [9.17, 15) is 4.79 Å². The number of aliphatic imine (C=N–C) groups is 1. The second-order valence-electron chi connectivity index (χ2n) is 9.26. The van der Waals surface area contributed by atoms with Crippen LogP contribution in [-0.2, 0) is 4.79 Å². The lowest BCUT2D eigenvalue weighted by atomic mass is 10.1. The molecule has 35 heavy (non-hydrogen) atoms. The quantitative estimate of drug-likeness (QED) is 0.524. The van der Waals surface area contributed by atoms with Crippen LogP contribution in [0.2, 0.25) is 0 Å². The molecule has 1 aliphatic heterocycles. The molecule has 1 saturated heterocycles. The van der Waals surface area contributed by atoms with E-state index in [4.69, 9.17) is 15.7 Å². The largest absolute Gasteiger partial charge is 0.394 e. The molecular weight excluding hydrogens is 440 g/mol. The first kappa shape index (κ1) is 24.4. The average molecular weight is 475 g/mol. The predicted molar refractivity (Wildman–Crippen MR) is 142 cm³/mol. The van der Waals surface area contributed by atoms with Crippen LogP contribution in [0.25, 0.3) is 10.9 Å². The van der Waals surface area contributed by atoms with Gasteiger partial charge in [-0.25, -0.2) is 4.98 Å². The van der Waals surface area contributed by atoms with Crippen molar-refractivity contribution in [2.75, 3.05) is 42.1 Å². The Labute approximate surface area is 206 Å². The van der Waals surface area contributed by atoms with Crippen molar-refractivity contribution >= 4 is 40.0 Å². The Bertz CT molecular complexity index is 1250. The number of amides is 1. The van der Waals surface area contributed by atoms with E-state index in [1.54, 1.807) is 6.92 Å². The van der Waals surface area contributed by atoms with Crippen LogP contribution in [0.5, 0.6) is 0 Å². The van der Waals surface area contributed by atoms with E-state index >= 15 is 0 Å². The van der Waals surface area contributed by atoms with Crippen molar-refractivity contribution in [1.82, 2.24) is 19.9 Å². The van der Waals surface area contributed by atoms with E-state index in [-0.39, 0.29) is 18.0 Å². The van der Waals surface area contributed by atoms with Crippen LogP contribution in [-0.4, -0.2) is 63.7 Å². The smallest absolute Gasteiger partial charge is 0.228 e. The van der Waals surface area contributed by atoms with Gasteiger partial charge in [0.05, 0.1) is 17.3 Å². The Hall–Kier alpha value is -3.75. The number of rotatable bonds is 6. The number of aromatic nitrogens is 3. The summed E-state index contributed by atoms with van der Waals surface area (Å²) < 4.78 is 0. The van der Waals surface area contributed by atoms with Crippen molar-refractivity contribution in [2.24, 2.45) is 4.99 Å². The lowest BCUT2D eigenvalue weighted by Crippen LogP contribution is -2.48. The third-order valence-electron chi connectivity index (χ3n) is 6.20. The van der Waals surface area contributed by atoms with E-state index in [1.807, 2.05) is 50.1 Å². The van der Waals surface area contributed by atoms with Crippen molar-refractivity contribution in [2.45, 2.75) is 46.7 Å². The van der Waals surface area contributed by atoms with Gasteiger partial charge in [0, 0.05) is 50.7 Å². The summed E-state index contributed by atoms with van der Waals surface area (Å²) in [6.07, 6.45) is 1.88.